The van der Waals surface area contributed by atoms with E-state index in [1.807, 2.05) is 31.9 Å². The van der Waals surface area contributed by atoms with Gasteiger partial charge in [-0.25, -0.2) is 0 Å². The summed E-state index contributed by atoms with van der Waals surface area (Å²) in [5, 5.41) is 11.9. The SMILES string of the molecule is COc1ccc(CN(C)CC(=O)NC(C)C)cc1C#N. The Morgan fingerprint density at radius 1 is 1.50 bits per heavy atom. The maximum absolute atomic E-state index is 11.7. The van der Waals surface area contributed by atoms with Crippen molar-refractivity contribution in [2.75, 3.05) is 20.7 Å². The first-order valence-corrected chi connectivity index (χ1v) is 6.51. The molecular weight excluding hydrogens is 254 g/mol. The molecule has 0 unspecified atom stereocenters. The van der Waals surface area contributed by atoms with E-state index in [9.17, 15) is 4.79 Å². The molecule has 0 fully saturated rings. The van der Waals surface area contributed by atoms with Crippen molar-refractivity contribution in [3.63, 3.8) is 0 Å². The van der Waals surface area contributed by atoms with E-state index >= 15 is 0 Å². The van der Waals surface area contributed by atoms with Gasteiger partial charge in [-0.05, 0) is 38.6 Å². The van der Waals surface area contributed by atoms with Crippen molar-refractivity contribution in [3.05, 3.63) is 29.3 Å². The Bertz CT molecular complexity index is 506. The number of benzene rings is 1. The predicted molar refractivity (Wildman–Crippen MR) is 77.3 cm³/mol. The molecule has 1 aromatic carbocycles. The third-order valence-electron chi connectivity index (χ3n) is 2.70. The molecule has 20 heavy (non-hydrogen) atoms. The fraction of sp³-hybridized carbons (Fsp3) is 0.467. The minimum Gasteiger partial charge on any atom is -0.495 e. The molecule has 0 atom stereocenters. The fourth-order valence-corrected chi connectivity index (χ4v) is 1.92. The molecule has 0 spiro atoms. The molecule has 0 saturated heterocycles. The maximum Gasteiger partial charge on any atom is 0.234 e. The third-order valence-corrected chi connectivity index (χ3v) is 2.70. The fourth-order valence-electron chi connectivity index (χ4n) is 1.92. The van der Waals surface area contributed by atoms with Gasteiger partial charge in [0.05, 0.1) is 19.2 Å². The number of methoxy groups -OCH3 is 1. The molecule has 0 heterocycles. The molecule has 0 saturated carbocycles. The van der Waals surface area contributed by atoms with Crippen LogP contribution in [0.4, 0.5) is 0 Å². The van der Waals surface area contributed by atoms with E-state index in [1.165, 1.54) is 7.11 Å². The van der Waals surface area contributed by atoms with Gasteiger partial charge < -0.3 is 10.1 Å². The number of nitrogens with one attached hydrogen (secondary N) is 1. The Morgan fingerprint density at radius 3 is 2.75 bits per heavy atom. The Morgan fingerprint density at radius 2 is 2.20 bits per heavy atom. The summed E-state index contributed by atoms with van der Waals surface area (Å²) in [6, 6.07) is 7.71. The molecule has 5 nitrogen and oxygen atoms in total. The lowest BCUT2D eigenvalue weighted by molar-refractivity contribution is -0.122. The summed E-state index contributed by atoms with van der Waals surface area (Å²) < 4.78 is 5.10. The molecular formula is C15H21N3O2. The Kier molecular flexibility index (Phi) is 6.01. The summed E-state index contributed by atoms with van der Waals surface area (Å²) in [6.45, 7) is 4.79. The van der Waals surface area contributed by atoms with Crippen molar-refractivity contribution in [3.8, 4) is 11.8 Å². The number of nitrogens with zero attached hydrogens (tertiary/aromatic N) is 2. The highest BCUT2D eigenvalue weighted by Gasteiger charge is 2.09. The van der Waals surface area contributed by atoms with Crippen molar-refractivity contribution < 1.29 is 9.53 Å². The minimum absolute atomic E-state index is 0.00322. The maximum atomic E-state index is 11.7. The zero-order chi connectivity index (χ0) is 15.1. The molecule has 5 heteroatoms. The Hall–Kier alpha value is -2.06. The first-order chi connectivity index (χ1) is 9.46. The summed E-state index contributed by atoms with van der Waals surface area (Å²) in [5.41, 5.74) is 1.48. The lowest BCUT2D eigenvalue weighted by Gasteiger charge is -2.18. The van der Waals surface area contributed by atoms with Crippen LogP contribution in [0.25, 0.3) is 0 Å². The van der Waals surface area contributed by atoms with E-state index in [2.05, 4.69) is 11.4 Å². The number of hydrogen-bond acceptors (Lipinski definition) is 4. The Balaban J connectivity index is 2.64. The highest BCUT2D eigenvalue weighted by Crippen LogP contribution is 2.19. The van der Waals surface area contributed by atoms with E-state index < -0.39 is 0 Å². The second kappa shape index (κ2) is 7.51. The van der Waals surface area contributed by atoms with Crippen LogP contribution < -0.4 is 10.1 Å². The number of ether oxygens (including phenoxy) is 1. The summed E-state index contributed by atoms with van der Waals surface area (Å²) in [4.78, 5) is 13.6. The monoisotopic (exact) mass is 275 g/mol. The first kappa shape index (κ1) is 16.0. The van der Waals surface area contributed by atoms with E-state index in [-0.39, 0.29) is 11.9 Å². The molecule has 0 aliphatic carbocycles. The van der Waals surface area contributed by atoms with Crippen LogP contribution in [0.3, 0.4) is 0 Å². The van der Waals surface area contributed by atoms with Gasteiger partial charge in [0.15, 0.2) is 0 Å². The molecule has 0 radical (unpaired) electrons. The largest absolute Gasteiger partial charge is 0.495 e. The number of nitriles is 1. The van der Waals surface area contributed by atoms with Crippen molar-refractivity contribution in [1.29, 1.82) is 5.26 Å². The third kappa shape index (κ3) is 4.90. The van der Waals surface area contributed by atoms with Gasteiger partial charge in [-0.15, -0.1) is 0 Å². The van der Waals surface area contributed by atoms with Crippen LogP contribution in [0.1, 0.15) is 25.0 Å². The van der Waals surface area contributed by atoms with Gasteiger partial charge in [-0.1, -0.05) is 6.07 Å². The quantitative estimate of drug-likeness (QED) is 0.855. The highest BCUT2D eigenvalue weighted by molar-refractivity contribution is 5.78. The molecule has 0 aromatic heterocycles. The standard InChI is InChI=1S/C15H21N3O2/c1-11(2)17-15(19)10-18(3)9-12-5-6-14(20-4)13(7-12)8-16/h5-7,11H,9-10H2,1-4H3,(H,17,19). The highest BCUT2D eigenvalue weighted by atomic mass is 16.5. The van der Waals surface area contributed by atoms with Crippen LogP contribution in [0.5, 0.6) is 5.75 Å². The van der Waals surface area contributed by atoms with Gasteiger partial charge in [0, 0.05) is 12.6 Å². The average molecular weight is 275 g/mol. The van der Waals surface area contributed by atoms with Gasteiger partial charge in [-0.3, -0.25) is 9.69 Å². The van der Waals surface area contributed by atoms with Crippen LogP contribution >= 0.6 is 0 Å². The first-order valence-electron chi connectivity index (χ1n) is 6.51. The molecule has 0 aliphatic rings. The van der Waals surface area contributed by atoms with Crippen LogP contribution in [-0.4, -0.2) is 37.6 Å². The number of rotatable bonds is 6. The van der Waals surface area contributed by atoms with Crippen molar-refractivity contribution in [1.82, 2.24) is 10.2 Å². The molecule has 1 N–H and O–H groups in total. The van der Waals surface area contributed by atoms with E-state index in [4.69, 9.17) is 10.00 Å². The van der Waals surface area contributed by atoms with Crippen molar-refractivity contribution in [2.24, 2.45) is 0 Å². The predicted octanol–water partition coefficient (Wildman–Crippen LogP) is 1.52. The van der Waals surface area contributed by atoms with Gasteiger partial charge in [0.2, 0.25) is 5.91 Å². The van der Waals surface area contributed by atoms with Gasteiger partial charge in [0.1, 0.15) is 11.8 Å². The smallest absolute Gasteiger partial charge is 0.234 e. The second-order valence-corrected chi connectivity index (χ2v) is 5.04. The second-order valence-electron chi connectivity index (χ2n) is 5.04. The van der Waals surface area contributed by atoms with Crippen molar-refractivity contribution in [2.45, 2.75) is 26.4 Å². The molecule has 0 bridgehead atoms. The number of hydrogen-bond donors (Lipinski definition) is 1. The van der Waals surface area contributed by atoms with Crippen LogP contribution in [0.2, 0.25) is 0 Å². The van der Waals surface area contributed by atoms with Crippen LogP contribution in [0.15, 0.2) is 18.2 Å². The van der Waals surface area contributed by atoms with E-state index in [1.54, 1.807) is 12.1 Å². The van der Waals surface area contributed by atoms with Gasteiger partial charge in [0.25, 0.3) is 0 Å². The van der Waals surface area contributed by atoms with E-state index in [0.29, 0.717) is 24.4 Å². The lowest BCUT2D eigenvalue weighted by atomic mass is 10.1. The summed E-state index contributed by atoms with van der Waals surface area (Å²) in [6.07, 6.45) is 0. The summed E-state index contributed by atoms with van der Waals surface area (Å²) in [7, 11) is 3.41. The minimum atomic E-state index is -0.00322. The zero-order valence-electron chi connectivity index (χ0n) is 12.4. The van der Waals surface area contributed by atoms with E-state index in [0.717, 1.165) is 5.56 Å². The van der Waals surface area contributed by atoms with Gasteiger partial charge >= 0.3 is 0 Å². The van der Waals surface area contributed by atoms with Crippen molar-refractivity contribution >= 4 is 5.91 Å². The molecule has 0 aliphatic heterocycles. The number of carbonyl (C=O) groups excluding carboxylic acids is 1. The van der Waals surface area contributed by atoms with Crippen LogP contribution in [0, 0.1) is 11.3 Å². The normalized spacial score (nSPS) is 10.4. The molecule has 1 aromatic rings. The van der Waals surface area contributed by atoms with Gasteiger partial charge in [-0.2, -0.15) is 5.26 Å². The lowest BCUT2D eigenvalue weighted by Crippen LogP contribution is -2.38. The topological polar surface area (TPSA) is 65.4 Å². The average Bonchev–Trinajstić information content (AvgIpc) is 2.37. The van der Waals surface area contributed by atoms with Crippen LogP contribution in [-0.2, 0) is 11.3 Å². The Labute approximate surface area is 120 Å². The number of amides is 1. The molecule has 1 rings (SSSR count). The molecule has 1 amide bonds. The zero-order valence-corrected chi connectivity index (χ0v) is 12.4. The number of carbonyl (C=O) groups is 1. The summed E-state index contributed by atoms with van der Waals surface area (Å²) >= 11 is 0. The summed E-state index contributed by atoms with van der Waals surface area (Å²) in [5.74, 6) is 0.563. The molecule has 108 valence electrons. The number of likely N-dealkylation sites (N-methyl/N-ethyl adjacent to an activating group) is 1.